The second kappa shape index (κ2) is 5.31. The number of nitrogens with zero attached hydrogens (tertiary/aromatic N) is 2. The first-order chi connectivity index (χ1) is 8.22. The summed E-state index contributed by atoms with van der Waals surface area (Å²) in [5, 5.41) is 6.07. The molecule has 0 saturated heterocycles. The highest BCUT2D eigenvalue weighted by Crippen LogP contribution is 2.29. The molecule has 2 N–H and O–H groups in total. The van der Waals surface area contributed by atoms with E-state index in [0.29, 0.717) is 6.04 Å². The first-order valence-electron chi connectivity index (χ1n) is 6.17. The normalized spacial score (nSPS) is 25.8. The molecular weight excluding hydrogens is 216 g/mol. The van der Waals surface area contributed by atoms with Gasteiger partial charge >= 0.3 is 0 Å². The molecule has 1 aromatic rings. The number of hydrogen-bond acceptors (Lipinski definition) is 3. The summed E-state index contributed by atoms with van der Waals surface area (Å²) in [5.74, 6) is 0.0736. The summed E-state index contributed by atoms with van der Waals surface area (Å²) in [6.45, 7) is 1.87. The van der Waals surface area contributed by atoms with E-state index in [4.69, 9.17) is 0 Å². The Morgan fingerprint density at radius 3 is 3.00 bits per heavy atom. The molecular formula is C12H20N4O. The fraction of sp³-hybridized carbons (Fsp3) is 0.667. The standard InChI is InChI=1S/C12H20N4O/c1-9(13-2)12(17)15-10-4-3-5-11(10)16-7-6-14-8-16/h6-11,13H,3-5H2,1-2H3,(H,15,17). The highest BCUT2D eigenvalue weighted by atomic mass is 16.2. The van der Waals surface area contributed by atoms with E-state index in [1.165, 1.54) is 0 Å². The third-order valence-electron chi connectivity index (χ3n) is 3.54. The van der Waals surface area contributed by atoms with Crippen LogP contribution in [-0.4, -0.2) is 34.6 Å². The number of likely N-dealkylation sites (N-methyl/N-ethyl adjacent to an activating group) is 1. The van der Waals surface area contributed by atoms with E-state index in [1.54, 1.807) is 13.2 Å². The van der Waals surface area contributed by atoms with Crippen molar-refractivity contribution < 1.29 is 4.79 Å². The fourth-order valence-electron chi connectivity index (χ4n) is 2.37. The predicted molar refractivity (Wildman–Crippen MR) is 65.6 cm³/mol. The van der Waals surface area contributed by atoms with Gasteiger partial charge in [-0.2, -0.15) is 0 Å². The van der Waals surface area contributed by atoms with Crippen LogP contribution in [0.4, 0.5) is 0 Å². The summed E-state index contributed by atoms with van der Waals surface area (Å²) in [5.41, 5.74) is 0. The minimum Gasteiger partial charge on any atom is -0.350 e. The van der Waals surface area contributed by atoms with Crippen molar-refractivity contribution in [1.82, 2.24) is 20.2 Å². The Morgan fingerprint density at radius 1 is 1.53 bits per heavy atom. The van der Waals surface area contributed by atoms with Crippen LogP contribution in [0.25, 0.3) is 0 Å². The quantitative estimate of drug-likeness (QED) is 0.809. The highest BCUT2D eigenvalue weighted by Gasteiger charge is 2.30. The first-order valence-corrected chi connectivity index (χ1v) is 6.17. The molecule has 0 aromatic carbocycles. The SMILES string of the molecule is CNC(C)C(=O)NC1CCCC1n1ccnc1. The van der Waals surface area contributed by atoms with Crippen molar-refractivity contribution in [3.63, 3.8) is 0 Å². The van der Waals surface area contributed by atoms with Gasteiger partial charge in [0.1, 0.15) is 0 Å². The molecule has 0 spiro atoms. The minimum atomic E-state index is -0.140. The van der Waals surface area contributed by atoms with Crippen molar-refractivity contribution in [3.05, 3.63) is 18.7 Å². The molecule has 1 aliphatic rings. The van der Waals surface area contributed by atoms with E-state index in [1.807, 2.05) is 19.4 Å². The van der Waals surface area contributed by atoms with Gasteiger partial charge in [-0.15, -0.1) is 0 Å². The Morgan fingerprint density at radius 2 is 2.35 bits per heavy atom. The Labute approximate surface area is 102 Å². The van der Waals surface area contributed by atoms with Crippen LogP contribution in [0.1, 0.15) is 32.2 Å². The molecule has 1 fully saturated rings. The zero-order valence-electron chi connectivity index (χ0n) is 10.4. The van der Waals surface area contributed by atoms with Crippen LogP contribution < -0.4 is 10.6 Å². The summed E-state index contributed by atoms with van der Waals surface area (Å²) in [6.07, 6.45) is 8.89. The topological polar surface area (TPSA) is 59.0 Å². The maximum absolute atomic E-state index is 11.8. The Kier molecular flexibility index (Phi) is 3.78. The van der Waals surface area contributed by atoms with Crippen molar-refractivity contribution in [3.8, 4) is 0 Å². The zero-order valence-corrected chi connectivity index (χ0v) is 10.4. The van der Waals surface area contributed by atoms with Crippen LogP contribution in [0.5, 0.6) is 0 Å². The predicted octanol–water partition coefficient (Wildman–Crippen LogP) is 0.701. The number of rotatable bonds is 4. The molecule has 94 valence electrons. The molecule has 1 aliphatic carbocycles. The van der Waals surface area contributed by atoms with Gasteiger partial charge in [-0.25, -0.2) is 4.98 Å². The molecule has 1 saturated carbocycles. The van der Waals surface area contributed by atoms with Gasteiger partial charge in [0.05, 0.1) is 18.4 Å². The van der Waals surface area contributed by atoms with Crippen LogP contribution in [0, 0.1) is 0 Å². The molecule has 1 heterocycles. The van der Waals surface area contributed by atoms with Crippen molar-refractivity contribution in [1.29, 1.82) is 0 Å². The second-order valence-corrected chi connectivity index (χ2v) is 4.63. The number of aromatic nitrogens is 2. The molecule has 0 aliphatic heterocycles. The lowest BCUT2D eigenvalue weighted by atomic mass is 10.1. The van der Waals surface area contributed by atoms with Gasteiger partial charge in [0.25, 0.3) is 0 Å². The third kappa shape index (κ3) is 2.66. The lowest BCUT2D eigenvalue weighted by Crippen LogP contribution is -2.46. The average molecular weight is 236 g/mol. The lowest BCUT2D eigenvalue weighted by Gasteiger charge is -2.23. The van der Waals surface area contributed by atoms with Gasteiger partial charge in [0, 0.05) is 18.4 Å². The summed E-state index contributed by atoms with van der Waals surface area (Å²) in [7, 11) is 1.80. The summed E-state index contributed by atoms with van der Waals surface area (Å²) in [4.78, 5) is 15.9. The second-order valence-electron chi connectivity index (χ2n) is 4.63. The van der Waals surface area contributed by atoms with Crippen LogP contribution in [0.3, 0.4) is 0 Å². The monoisotopic (exact) mass is 236 g/mol. The number of imidazole rings is 1. The van der Waals surface area contributed by atoms with Crippen LogP contribution in [0.15, 0.2) is 18.7 Å². The smallest absolute Gasteiger partial charge is 0.237 e. The molecule has 0 radical (unpaired) electrons. The largest absolute Gasteiger partial charge is 0.350 e. The fourth-order valence-corrected chi connectivity index (χ4v) is 2.37. The average Bonchev–Trinajstić information content (AvgIpc) is 2.97. The highest BCUT2D eigenvalue weighted by molar-refractivity contribution is 5.81. The number of nitrogens with one attached hydrogen (secondary N) is 2. The summed E-state index contributed by atoms with van der Waals surface area (Å²) < 4.78 is 2.10. The number of carbonyl (C=O) groups excluding carboxylic acids is 1. The molecule has 5 heteroatoms. The van der Waals surface area contributed by atoms with Crippen molar-refractivity contribution in [2.45, 2.75) is 44.3 Å². The third-order valence-corrected chi connectivity index (χ3v) is 3.54. The molecule has 3 atom stereocenters. The van der Waals surface area contributed by atoms with E-state index in [0.717, 1.165) is 19.3 Å². The van der Waals surface area contributed by atoms with Gasteiger partial charge in [-0.3, -0.25) is 4.79 Å². The Balaban J connectivity index is 1.98. The minimum absolute atomic E-state index is 0.0736. The maximum atomic E-state index is 11.8. The molecule has 1 amide bonds. The zero-order chi connectivity index (χ0) is 12.3. The van der Waals surface area contributed by atoms with Gasteiger partial charge in [0.2, 0.25) is 5.91 Å². The Bertz CT molecular complexity index is 363. The van der Waals surface area contributed by atoms with Crippen molar-refractivity contribution >= 4 is 5.91 Å². The van der Waals surface area contributed by atoms with Crippen LogP contribution in [-0.2, 0) is 4.79 Å². The first kappa shape index (κ1) is 12.1. The van der Waals surface area contributed by atoms with Gasteiger partial charge in [-0.1, -0.05) is 0 Å². The van der Waals surface area contributed by atoms with Gasteiger partial charge in [0.15, 0.2) is 0 Å². The van der Waals surface area contributed by atoms with Gasteiger partial charge in [-0.05, 0) is 33.2 Å². The molecule has 3 unspecified atom stereocenters. The molecule has 1 aromatic heterocycles. The molecule has 5 nitrogen and oxygen atoms in total. The molecule has 17 heavy (non-hydrogen) atoms. The summed E-state index contributed by atoms with van der Waals surface area (Å²) >= 11 is 0. The lowest BCUT2D eigenvalue weighted by molar-refractivity contribution is -0.123. The van der Waals surface area contributed by atoms with E-state index in [-0.39, 0.29) is 18.0 Å². The van der Waals surface area contributed by atoms with Gasteiger partial charge < -0.3 is 15.2 Å². The van der Waals surface area contributed by atoms with Crippen LogP contribution in [0.2, 0.25) is 0 Å². The number of carbonyl (C=O) groups is 1. The van der Waals surface area contributed by atoms with E-state index in [2.05, 4.69) is 20.2 Å². The van der Waals surface area contributed by atoms with Crippen molar-refractivity contribution in [2.24, 2.45) is 0 Å². The maximum Gasteiger partial charge on any atom is 0.237 e. The molecule has 0 bridgehead atoms. The number of hydrogen-bond donors (Lipinski definition) is 2. The van der Waals surface area contributed by atoms with E-state index < -0.39 is 0 Å². The van der Waals surface area contributed by atoms with E-state index >= 15 is 0 Å². The van der Waals surface area contributed by atoms with Crippen LogP contribution >= 0.6 is 0 Å². The molecule has 2 rings (SSSR count). The Hall–Kier alpha value is -1.36. The van der Waals surface area contributed by atoms with E-state index in [9.17, 15) is 4.79 Å². The number of amides is 1. The summed E-state index contributed by atoms with van der Waals surface area (Å²) in [6, 6.07) is 0.442. The van der Waals surface area contributed by atoms with Crippen molar-refractivity contribution in [2.75, 3.05) is 7.05 Å².